The van der Waals surface area contributed by atoms with Gasteiger partial charge in [-0.05, 0) is 12.8 Å². The average molecular weight is 246 g/mol. The highest BCUT2D eigenvalue weighted by Gasteiger charge is 2.30. The van der Waals surface area contributed by atoms with Gasteiger partial charge in [0.15, 0.2) is 0 Å². The fourth-order valence-electron chi connectivity index (χ4n) is 1.65. The number of rotatable bonds is 6. The van der Waals surface area contributed by atoms with Gasteiger partial charge in [0, 0.05) is 26.2 Å². The molecule has 0 bridgehead atoms. The van der Waals surface area contributed by atoms with Crippen LogP contribution in [0.15, 0.2) is 0 Å². The Balaban J connectivity index is 2.26. The van der Waals surface area contributed by atoms with E-state index in [-0.39, 0.29) is 25.2 Å². The molecule has 1 unspecified atom stereocenters. The fourth-order valence-corrected chi connectivity index (χ4v) is 1.65. The first-order valence-electron chi connectivity index (χ1n) is 5.50. The summed E-state index contributed by atoms with van der Waals surface area (Å²) in [5.41, 5.74) is 0. The minimum atomic E-state index is -1.16. The number of methoxy groups -OCH3 is 1. The SMILES string of the molecule is COC1CC(NC(=O)NC(CCO)C(=O)O)C1. The number of amides is 2. The second kappa shape index (κ2) is 6.41. The Morgan fingerprint density at radius 3 is 2.59 bits per heavy atom. The molecule has 1 fully saturated rings. The Labute approximate surface area is 99.1 Å². The highest BCUT2D eigenvalue weighted by Crippen LogP contribution is 2.22. The molecule has 98 valence electrons. The highest BCUT2D eigenvalue weighted by atomic mass is 16.5. The van der Waals surface area contributed by atoms with Crippen molar-refractivity contribution in [2.45, 2.75) is 37.5 Å². The number of aliphatic carboxylic acids is 1. The zero-order chi connectivity index (χ0) is 12.8. The van der Waals surface area contributed by atoms with E-state index in [1.807, 2.05) is 0 Å². The van der Waals surface area contributed by atoms with Crippen LogP contribution in [0.1, 0.15) is 19.3 Å². The summed E-state index contributed by atoms with van der Waals surface area (Å²) in [6.07, 6.45) is 1.64. The van der Waals surface area contributed by atoms with Crippen LogP contribution in [-0.2, 0) is 9.53 Å². The normalized spacial score (nSPS) is 24.6. The number of hydrogen-bond acceptors (Lipinski definition) is 4. The van der Waals surface area contributed by atoms with Crippen LogP contribution < -0.4 is 10.6 Å². The van der Waals surface area contributed by atoms with E-state index in [2.05, 4.69) is 10.6 Å². The maximum atomic E-state index is 11.4. The van der Waals surface area contributed by atoms with Gasteiger partial charge in [-0.1, -0.05) is 0 Å². The third-order valence-electron chi connectivity index (χ3n) is 2.78. The van der Waals surface area contributed by atoms with Crippen molar-refractivity contribution < 1.29 is 24.5 Å². The van der Waals surface area contributed by atoms with E-state index < -0.39 is 18.0 Å². The number of carboxylic acid groups (broad SMARTS) is 1. The van der Waals surface area contributed by atoms with E-state index >= 15 is 0 Å². The van der Waals surface area contributed by atoms with Gasteiger partial charge >= 0.3 is 12.0 Å². The molecule has 0 aliphatic heterocycles. The van der Waals surface area contributed by atoms with E-state index in [0.29, 0.717) is 0 Å². The van der Waals surface area contributed by atoms with E-state index in [0.717, 1.165) is 12.8 Å². The maximum absolute atomic E-state index is 11.4. The van der Waals surface area contributed by atoms with E-state index in [9.17, 15) is 9.59 Å². The lowest BCUT2D eigenvalue weighted by atomic mass is 9.89. The van der Waals surface area contributed by atoms with Crippen LogP contribution in [0.3, 0.4) is 0 Å². The molecule has 0 radical (unpaired) electrons. The third-order valence-corrected chi connectivity index (χ3v) is 2.78. The molecule has 4 N–H and O–H groups in total. The lowest BCUT2D eigenvalue weighted by Crippen LogP contribution is -2.54. The molecule has 1 saturated carbocycles. The van der Waals surface area contributed by atoms with Gasteiger partial charge in [0.1, 0.15) is 6.04 Å². The molecule has 1 atom stereocenters. The second-order valence-electron chi connectivity index (χ2n) is 4.05. The molecule has 1 aliphatic rings. The van der Waals surface area contributed by atoms with Crippen LogP contribution in [0.5, 0.6) is 0 Å². The third kappa shape index (κ3) is 4.20. The Morgan fingerprint density at radius 2 is 2.12 bits per heavy atom. The highest BCUT2D eigenvalue weighted by molar-refractivity contribution is 5.82. The van der Waals surface area contributed by atoms with Gasteiger partial charge in [0.2, 0.25) is 0 Å². The minimum Gasteiger partial charge on any atom is -0.480 e. The number of ether oxygens (including phenoxy) is 1. The lowest BCUT2D eigenvalue weighted by Gasteiger charge is -2.34. The molecule has 0 spiro atoms. The van der Waals surface area contributed by atoms with Crippen LogP contribution >= 0.6 is 0 Å². The van der Waals surface area contributed by atoms with Crippen molar-refractivity contribution >= 4 is 12.0 Å². The summed E-state index contributed by atoms with van der Waals surface area (Å²) in [7, 11) is 1.61. The van der Waals surface area contributed by atoms with Gasteiger partial charge in [0.05, 0.1) is 6.10 Å². The summed E-state index contributed by atoms with van der Waals surface area (Å²) in [5, 5.41) is 22.4. The first kappa shape index (κ1) is 13.7. The van der Waals surface area contributed by atoms with Crippen LogP contribution in [-0.4, -0.2) is 54.1 Å². The first-order chi connectivity index (χ1) is 8.06. The summed E-state index contributed by atoms with van der Waals surface area (Å²) in [4.78, 5) is 22.1. The maximum Gasteiger partial charge on any atom is 0.326 e. The number of carboxylic acids is 1. The van der Waals surface area contributed by atoms with Gasteiger partial charge in [-0.3, -0.25) is 0 Å². The summed E-state index contributed by atoms with van der Waals surface area (Å²) in [6, 6.07) is -1.55. The van der Waals surface area contributed by atoms with Crippen molar-refractivity contribution in [3.8, 4) is 0 Å². The van der Waals surface area contributed by atoms with Crippen molar-refractivity contribution in [1.29, 1.82) is 0 Å². The van der Waals surface area contributed by atoms with Crippen LogP contribution in [0.4, 0.5) is 4.79 Å². The topological polar surface area (TPSA) is 108 Å². The molecule has 0 aromatic carbocycles. The zero-order valence-electron chi connectivity index (χ0n) is 9.68. The zero-order valence-corrected chi connectivity index (χ0v) is 9.68. The summed E-state index contributed by atoms with van der Waals surface area (Å²) >= 11 is 0. The summed E-state index contributed by atoms with van der Waals surface area (Å²) in [6.45, 7) is -0.285. The van der Waals surface area contributed by atoms with Gasteiger partial charge in [-0.25, -0.2) is 9.59 Å². The molecular formula is C10H18N2O5. The summed E-state index contributed by atoms with van der Waals surface area (Å²) in [5.74, 6) is -1.16. The van der Waals surface area contributed by atoms with E-state index in [1.165, 1.54) is 0 Å². The number of aliphatic hydroxyl groups excluding tert-OH is 1. The molecule has 1 aliphatic carbocycles. The predicted octanol–water partition coefficient (Wildman–Crippen LogP) is -0.701. The molecule has 7 heteroatoms. The molecule has 0 heterocycles. The molecule has 1 rings (SSSR count). The molecule has 17 heavy (non-hydrogen) atoms. The molecule has 0 aromatic heterocycles. The standard InChI is InChI=1S/C10H18N2O5/c1-17-7-4-6(5-7)11-10(16)12-8(2-3-13)9(14)15/h6-8,13H,2-5H2,1H3,(H,14,15)(H2,11,12,16). The smallest absolute Gasteiger partial charge is 0.326 e. The van der Waals surface area contributed by atoms with Gasteiger partial charge in [-0.2, -0.15) is 0 Å². The number of urea groups is 1. The van der Waals surface area contributed by atoms with Gasteiger partial charge < -0.3 is 25.6 Å². The molecule has 0 saturated heterocycles. The molecule has 0 aromatic rings. The van der Waals surface area contributed by atoms with Crippen LogP contribution in [0, 0.1) is 0 Å². The van der Waals surface area contributed by atoms with Crippen molar-refractivity contribution in [3.05, 3.63) is 0 Å². The minimum absolute atomic E-state index is 0.00584. The van der Waals surface area contributed by atoms with Crippen LogP contribution in [0.25, 0.3) is 0 Å². The largest absolute Gasteiger partial charge is 0.480 e. The molecule has 2 amide bonds. The predicted molar refractivity (Wildman–Crippen MR) is 58.6 cm³/mol. The number of nitrogens with one attached hydrogen (secondary N) is 2. The summed E-state index contributed by atoms with van der Waals surface area (Å²) < 4.78 is 5.06. The number of hydrogen-bond donors (Lipinski definition) is 4. The van der Waals surface area contributed by atoms with Crippen molar-refractivity contribution in [3.63, 3.8) is 0 Å². The Morgan fingerprint density at radius 1 is 1.47 bits per heavy atom. The lowest BCUT2D eigenvalue weighted by molar-refractivity contribution is -0.139. The number of carbonyl (C=O) groups is 2. The quantitative estimate of drug-likeness (QED) is 0.495. The average Bonchev–Trinajstić information content (AvgIpc) is 2.22. The molecule has 7 nitrogen and oxygen atoms in total. The Bertz CT molecular complexity index is 278. The van der Waals surface area contributed by atoms with Crippen molar-refractivity contribution in [2.24, 2.45) is 0 Å². The second-order valence-corrected chi connectivity index (χ2v) is 4.05. The van der Waals surface area contributed by atoms with E-state index in [1.54, 1.807) is 7.11 Å². The fraction of sp³-hybridized carbons (Fsp3) is 0.800. The van der Waals surface area contributed by atoms with Crippen LogP contribution in [0.2, 0.25) is 0 Å². The first-order valence-corrected chi connectivity index (χ1v) is 5.50. The van der Waals surface area contributed by atoms with E-state index in [4.69, 9.17) is 14.9 Å². The van der Waals surface area contributed by atoms with Crippen molar-refractivity contribution in [1.82, 2.24) is 10.6 Å². The Kier molecular flexibility index (Phi) is 5.17. The Hall–Kier alpha value is -1.34. The monoisotopic (exact) mass is 246 g/mol. The number of carbonyl (C=O) groups excluding carboxylic acids is 1. The number of aliphatic hydroxyl groups is 1. The van der Waals surface area contributed by atoms with Crippen molar-refractivity contribution in [2.75, 3.05) is 13.7 Å². The van der Waals surface area contributed by atoms with Gasteiger partial charge in [0.25, 0.3) is 0 Å². The molecular weight excluding hydrogens is 228 g/mol. The van der Waals surface area contributed by atoms with Gasteiger partial charge in [-0.15, -0.1) is 0 Å².